The molecule has 3 nitrogen and oxygen atoms in total. The molecule has 2 N–H and O–H groups in total. The SMILES string of the molecule is CCC=C(CO)CC(=O)O. The minimum absolute atomic E-state index is 0.0513. The highest BCUT2D eigenvalue weighted by Gasteiger charge is 2.00. The number of carboxylic acid groups (broad SMARTS) is 1. The van der Waals surface area contributed by atoms with Crippen molar-refractivity contribution in [3.8, 4) is 0 Å². The number of hydrogen-bond acceptors (Lipinski definition) is 2. The third kappa shape index (κ3) is 4.09. The Labute approximate surface area is 60.0 Å². The average Bonchev–Trinajstić information content (AvgIpc) is 1.86. The van der Waals surface area contributed by atoms with Crippen molar-refractivity contribution in [3.63, 3.8) is 0 Å². The number of carboxylic acids is 1. The van der Waals surface area contributed by atoms with Gasteiger partial charge in [-0.15, -0.1) is 0 Å². The summed E-state index contributed by atoms with van der Waals surface area (Å²) in [5.74, 6) is -0.895. The van der Waals surface area contributed by atoms with E-state index in [0.717, 1.165) is 6.42 Å². The largest absolute Gasteiger partial charge is 0.481 e. The molecule has 0 aromatic heterocycles. The summed E-state index contributed by atoms with van der Waals surface area (Å²) >= 11 is 0. The zero-order valence-electron chi connectivity index (χ0n) is 6.00. The van der Waals surface area contributed by atoms with Gasteiger partial charge in [0.05, 0.1) is 13.0 Å². The Morgan fingerprint density at radius 1 is 1.60 bits per heavy atom. The van der Waals surface area contributed by atoms with Crippen molar-refractivity contribution in [3.05, 3.63) is 11.6 Å². The van der Waals surface area contributed by atoms with Crippen LogP contribution in [0.4, 0.5) is 0 Å². The van der Waals surface area contributed by atoms with Crippen molar-refractivity contribution in [1.29, 1.82) is 0 Å². The lowest BCUT2D eigenvalue weighted by molar-refractivity contribution is -0.136. The summed E-state index contributed by atoms with van der Waals surface area (Å²) in [6, 6.07) is 0. The Morgan fingerprint density at radius 3 is 2.50 bits per heavy atom. The van der Waals surface area contributed by atoms with Crippen molar-refractivity contribution in [1.82, 2.24) is 0 Å². The molecule has 0 saturated carbocycles. The van der Waals surface area contributed by atoms with Crippen LogP contribution >= 0.6 is 0 Å². The Kier molecular flexibility index (Phi) is 4.58. The van der Waals surface area contributed by atoms with Gasteiger partial charge in [-0.25, -0.2) is 0 Å². The third-order valence-corrected chi connectivity index (χ3v) is 1.07. The quantitative estimate of drug-likeness (QED) is 0.573. The molecule has 0 saturated heterocycles. The number of aliphatic hydroxyl groups is 1. The van der Waals surface area contributed by atoms with Crippen molar-refractivity contribution in [2.45, 2.75) is 19.8 Å². The molecule has 0 aliphatic heterocycles. The summed E-state index contributed by atoms with van der Waals surface area (Å²) in [6.45, 7) is 1.75. The van der Waals surface area contributed by atoms with E-state index in [2.05, 4.69) is 0 Å². The van der Waals surface area contributed by atoms with Crippen molar-refractivity contribution >= 4 is 5.97 Å². The zero-order valence-corrected chi connectivity index (χ0v) is 6.00. The fourth-order valence-corrected chi connectivity index (χ4v) is 0.676. The normalized spacial score (nSPS) is 11.6. The van der Waals surface area contributed by atoms with Gasteiger partial charge in [-0.2, -0.15) is 0 Å². The number of allylic oxidation sites excluding steroid dienone is 1. The molecule has 0 radical (unpaired) electrons. The maximum Gasteiger partial charge on any atom is 0.307 e. The van der Waals surface area contributed by atoms with Gasteiger partial charge in [-0.3, -0.25) is 4.79 Å². The summed E-state index contributed by atoms with van der Waals surface area (Å²) in [5.41, 5.74) is 0.579. The molecule has 0 aromatic rings. The van der Waals surface area contributed by atoms with Crippen LogP contribution in [0.3, 0.4) is 0 Å². The Balaban J connectivity index is 3.83. The van der Waals surface area contributed by atoms with E-state index in [9.17, 15) is 4.79 Å². The topological polar surface area (TPSA) is 57.5 Å². The predicted octanol–water partition coefficient (Wildman–Crippen LogP) is 0.790. The zero-order chi connectivity index (χ0) is 7.98. The summed E-state index contributed by atoms with van der Waals surface area (Å²) in [4.78, 5) is 10.1. The van der Waals surface area contributed by atoms with E-state index < -0.39 is 5.97 Å². The van der Waals surface area contributed by atoms with Gasteiger partial charge >= 0.3 is 5.97 Å². The molecule has 0 heterocycles. The van der Waals surface area contributed by atoms with E-state index in [4.69, 9.17) is 10.2 Å². The molecular formula is C7H12O3. The molecule has 10 heavy (non-hydrogen) atoms. The first-order chi connectivity index (χ1) is 4.70. The van der Waals surface area contributed by atoms with Gasteiger partial charge < -0.3 is 10.2 Å². The number of carbonyl (C=O) groups is 1. The van der Waals surface area contributed by atoms with Crippen molar-refractivity contribution in [2.75, 3.05) is 6.61 Å². The lowest BCUT2D eigenvalue weighted by Gasteiger charge is -1.97. The van der Waals surface area contributed by atoms with Crippen LogP contribution in [0.2, 0.25) is 0 Å². The van der Waals surface area contributed by atoms with Crippen LogP contribution in [0.15, 0.2) is 11.6 Å². The molecule has 0 atom stereocenters. The van der Waals surface area contributed by atoms with Crippen LogP contribution in [0.5, 0.6) is 0 Å². The maximum atomic E-state index is 10.1. The lowest BCUT2D eigenvalue weighted by atomic mass is 10.2. The molecule has 0 fully saturated rings. The van der Waals surface area contributed by atoms with Crippen LogP contribution in [0, 0.1) is 0 Å². The van der Waals surface area contributed by atoms with E-state index in [-0.39, 0.29) is 13.0 Å². The molecule has 3 heteroatoms. The number of rotatable bonds is 4. The van der Waals surface area contributed by atoms with Crippen molar-refractivity contribution in [2.24, 2.45) is 0 Å². The van der Waals surface area contributed by atoms with Crippen LogP contribution in [-0.4, -0.2) is 22.8 Å². The maximum absolute atomic E-state index is 10.1. The fourth-order valence-electron chi connectivity index (χ4n) is 0.676. The van der Waals surface area contributed by atoms with Gasteiger partial charge in [0.2, 0.25) is 0 Å². The summed E-state index contributed by atoms with van der Waals surface area (Å²) in [6.07, 6.45) is 2.45. The summed E-state index contributed by atoms with van der Waals surface area (Å²) < 4.78 is 0. The van der Waals surface area contributed by atoms with E-state index in [1.54, 1.807) is 6.08 Å². The van der Waals surface area contributed by atoms with E-state index in [0.29, 0.717) is 5.57 Å². The molecule has 0 aliphatic carbocycles. The molecule has 0 bridgehead atoms. The minimum Gasteiger partial charge on any atom is -0.481 e. The van der Waals surface area contributed by atoms with Gasteiger partial charge in [0.15, 0.2) is 0 Å². The number of hydrogen-bond donors (Lipinski definition) is 2. The second-order valence-electron chi connectivity index (χ2n) is 2.00. The standard InChI is InChI=1S/C7H12O3/c1-2-3-6(5-8)4-7(9)10/h3,8H,2,4-5H2,1H3,(H,9,10). The molecule has 0 spiro atoms. The molecular weight excluding hydrogens is 132 g/mol. The molecule has 58 valence electrons. The highest BCUT2D eigenvalue weighted by atomic mass is 16.4. The summed E-state index contributed by atoms with van der Waals surface area (Å²) in [5, 5.41) is 16.9. The molecule has 0 aromatic carbocycles. The van der Waals surface area contributed by atoms with E-state index >= 15 is 0 Å². The van der Waals surface area contributed by atoms with Gasteiger partial charge in [0, 0.05) is 0 Å². The van der Waals surface area contributed by atoms with Gasteiger partial charge in [-0.05, 0) is 12.0 Å². The number of aliphatic hydroxyl groups excluding tert-OH is 1. The molecule has 0 aliphatic rings. The Bertz CT molecular complexity index is 138. The van der Waals surface area contributed by atoms with Gasteiger partial charge in [0.1, 0.15) is 0 Å². The Hall–Kier alpha value is -0.830. The van der Waals surface area contributed by atoms with Crippen LogP contribution in [-0.2, 0) is 4.79 Å². The third-order valence-electron chi connectivity index (χ3n) is 1.07. The summed E-state index contributed by atoms with van der Waals surface area (Å²) in [7, 11) is 0. The van der Waals surface area contributed by atoms with Crippen LogP contribution < -0.4 is 0 Å². The monoisotopic (exact) mass is 144 g/mol. The lowest BCUT2D eigenvalue weighted by Crippen LogP contribution is -2.00. The first-order valence-corrected chi connectivity index (χ1v) is 3.21. The highest BCUT2D eigenvalue weighted by molar-refractivity contribution is 5.70. The van der Waals surface area contributed by atoms with Crippen LogP contribution in [0.25, 0.3) is 0 Å². The molecule has 0 unspecified atom stereocenters. The average molecular weight is 144 g/mol. The van der Waals surface area contributed by atoms with E-state index in [1.165, 1.54) is 0 Å². The predicted molar refractivity (Wildman–Crippen MR) is 37.7 cm³/mol. The first kappa shape index (κ1) is 9.17. The molecule has 0 rings (SSSR count). The first-order valence-electron chi connectivity index (χ1n) is 3.21. The smallest absolute Gasteiger partial charge is 0.307 e. The fraction of sp³-hybridized carbons (Fsp3) is 0.571. The van der Waals surface area contributed by atoms with E-state index in [1.807, 2.05) is 6.92 Å². The second kappa shape index (κ2) is 4.99. The number of aliphatic carboxylic acids is 1. The molecule has 0 amide bonds. The Morgan fingerprint density at radius 2 is 2.20 bits per heavy atom. The minimum atomic E-state index is -0.895. The van der Waals surface area contributed by atoms with Crippen LogP contribution in [0.1, 0.15) is 19.8 Å². The van der Waals surface area contributed by atoms with Gasteiger partial charge in [-0.1, -0.05) is 13.0 Å². The highest BCUT2D eigenvalue weighted by Crippen LogP contribution is 2.00. The van der Waals surface area contributed by atoms with Gasteiger partial charge in [0.25, 0.3) is 0 Å². The second-order valence-corrected chi connectivity index (χ2v) is 2.00. The van der Waals surface area contributed by atoms with Crippen molar-refractivity contribution < 1.29 is 15.0 Å².